The molecule has 0 saturated heterocycles. The van der Waals surface area contributed by atoms with Gasteiger partial charge in [0.1, 0.15) is 5.82 Å². The van der Waals surface area contributed by atoms with E-state index in [2.05, 4.69) is 10.4 Å². The van der Waals surface area contributed by atoms with Crippen LogP contribution in [0.5, 0.6) is 0 Å². The Morgan fingerprint density at radius 2 is 1.79 bits per heavy atom. The highest BCUT2D eigenvalue weighted by molar-refractivity contribution is 6.03. The number of aromatic nitrogens is 2. The van der Waals surface area contributed by atoms with E-state index in [9.17, 15) is 18.8 Å². The van der Waals surface area contributed by atoms with Crippen molar-refractivity contribution in [2.45, 2.75) is 26.5 Å². The summed E-state index contributed by atoms with van der Waals surface area (Å²) in [5.41, 5.74) is -0.402. The van der Waals surface area contributed by atoms with Crippen LogP contribution in [0.25, 0.3) is 10.8 Å². The molecule has 7 nitrogen and oxygen atoms in total. The lowest BCUT2D eigenvalue weighted by Gasteiger charge is -2.15. The molecule has 1 heterocycles. The number of benzene rings is 2. The van der Waals surface area contributed by atoms with Gasteiger partial charge in [0, 0.05) is 11.9 Å². The number of anilines is 1. The molecule has 0 aliphatic rings. The standard InChI is InChI=1S/C20H18FN3O4/c1-3-24-19(26)14-9-5-4-8-13(14)17(23-24)20(27)28-12(2)18(25)22-16-11-7-6-10-15(16)21/h4-12H,3H2,1-2H3,(H,22,25)/t12-/m1/s1. The second-order valence-corrected chi connectivity index (χ2v) is 6.03. The van der Waals surface area contributed by atoms with Crippen molar-refractivity contribution < 1.29 is 18.7 Å². The molecule has 1 amide bonds. The number of carbonyl (C=O) groups excluding carboxylic acids is 2. The van der Waals surface area contributed by atoms with Crippen molar-refractivity contribution in [1.29, 1.82) is 0 Å². The van der Waals surface area contributed by atoms with E-state index in [1.807, 2.05) is 0 Å². The van der Waals surface area contributed by atoms with Gasteiger partial charge in [-0.25, -0.2) is 13.9 Å². The maximum atomic E-state index is 13.7. The fourth-order valence-corrected chi connectivity index (χ4v) is 2.67. The Balaban J connectivity index is 1.85. The fourth-order valence-electron chi connectivity index (χ4n) is 2.67. The second kappa shape index (κ2) is 7.99. The number of rotatable bonds is 5. The molecular formula is C20H18FN3O4. The Hall–Kier alpha value is -3.55. The number of nitrogens with zero attached hydrogens (tertiary/aromatic N) is 2. The van der Waals surface area contributed by atoms with Gasteiger partial charge in [0.15, 0.2) is 11.8 Å². The largest absolute Gasteiger partial charge is 0.448 e. The van der Waals surface area contributed by atoms with E-state index in [1.165, 1.54) is 25.1 Å². The minimum atomic E-state index is -1.20. The van der Waals surface area contributed by atoms with Crippen LogP contribution in [0.1, 0.15) is 24.3 Å². The summed E-state index contributed by atoms with van der Waals surface area (Å²) in [6.45, 7) is 3.36. The summed E-state index contributed by atoms with van der Waals surface area (Å²) in [5.74, 6) is -2.14. The summed E-state index contributed by atoms with van der Waals surface area (Å²) < 4.78 is 20.0. The quantitative estimate of drug-likeness (QED) is 0.684. The Labute approximate surface area is 159 Å². The second-order valence-electron chi connectivity index (χ2n) is 6.03. The lowest BCUT2D eigenvalue weighted by atomic mass is 10.1. The number of amides is 1. The molecule has 28 heavy (non-hydrogen) atoms. The van der Waals surface area contributed by atoms with Gasteiger partial charge >= 0.3 is 5.97 Å². The van der Waals surface area contributed by atoms with Crippen LogP contribution < -0.4 is 10.9 Å². The van der Waals surface area contributed by atoms with Crippen LogP contribution in [0.3, 0.4) is 0 Å². The predicted molar refractivity (Wildman–Crippen MR) is 102 cm³/mol. The SMILES string of the molecule is CCn1nc(C(=O)O[C@H](C)C(=O)Nc2ccccc2F)c2ccccc2c1=O. The predicted octanol–water partition coefficient (Wildman–Crippen LogP) is 2.74. The Bertz CT molecular complexity index is 1110. The van der Waals surface area contributed by atoms with Gasteiger partial charge in [-0.1, -0.05) is 30.3 Å². The average molecular weight is 383 g/mol. The van der Waals surface area contributed by atoms with Crippen molar-refractivity contribution in [2.24, 2.45) is 0 Å². The normalized spacial score (nSPS) is 11.8. The molecular weight excluding hydrogens is 365 g/mol. The molecule has 0 saturated carbocycles. The van der Waals surface area contributed by atoms with Gasteiger partial charge in [-0.05, 0) is 32.0 Å². The summed E-state index contributed by atoms with van der Waals surface area (Å²) in [4.78, 5) is 37.2. The molecule has 0 fully saturated rings. The molecule has 1 aromatic heterocycles. The van der Waals surface area contributed by atoms with Gasteiger partial charge in [-0.2, -0.15) is 5.10 Å². The molecule has 0 spiro atoms. The topological polar surface area (TPSA) is 90.3 Å². The molecule has 3 rings (SSSR count). The number of hydrogen-bond acceptors (Lipinski definition) is 5. The molecule has 144 valence electrons. The first-order chi connectivity index (χ1) is 13.4. The van der Waals surface area contributed by atoms with E-state index in [0.717, 1.165) is 4.68 Å². The summed E-state index contributed by atoms with van der Waals surface area (Å²) in [5, 5.41) is 7.10. The van der Waals surface area contributed by atoms with E-state index in [0.29, 0.717) is 10.8 Å². The highest BCUT2D eigenvalue weighted by Gasteiger charge is 2.23. The molecule has 1 atom stereocenters. The third-order valence-electron chi connectivity index (χ3n) is 4.15. The number of aryl methyl sites for hydroxylation is 1. The van der Waals surface area contributed by atoms with E-state index in [4.69, 9.17) is 4.74 Å². The molecule has 0 aliphatic heterocycles. The summed E-state index contributed by atoms with van der Waals surface area (Å²) >= 11 is 0. The molecule has 0 aliphatic carbocycles. The van der Waals surface area contributed by atoms with Gasteiger partial charge in [-0.3, -0.25) is 9.59 Å². The van der Waals surface area contributed by atoms with Gasteiger partial charge in [0.05, 0.1) is 11.1 Å². The third kappa shape index (κ3) is 3.75. The highest BCUT2D eigenvalue weighted by Crippen LogP contribution is 2.16. The molecule has 2 aromatic carbocycles. The third-order valence-corrected chi connectivity index (χ3v) is 4.15. The molecule has 3 aromatic rings. The number of nitrogens with one attached hydrogen (secondary N) is 1. The lowest BCUT2D eigenvalue weighted by molar-refractivity contribution is -0.123. The van der Waals surface area contributed by atoms with Crippen LogP contribution >= 0.6 is 0 Å². The van der Waals surface area contributed by atoms with Crippen molar-refractivity contribution in [1.82, 2.24) is 9.78 Å². The fraction of sp³-hybridized carbons (Fsp3) is 0.200. The molecule has 1 N–H and O–H groups in total. The summed E-state index contributed by atoms with van der Waals surface area (Å²) in [6, 6.07) is 12.2. The van der Waals surface area contributed by atoms with Crippen LogP contribution in [0.4, 0.5) is 10.1 Å². The highest BCUT2D eigenvalue weighted by atomic mass is 19.1. The first kappa shape index (κ1) is 19.2. The van der Waals surface area contributed by atoms with Gasteiger partial charge in [0.25, 0.3) is 11.5 Å². The number of esters is 1. The molecule has 0 unspecified atom stereocenters. The zero-order chi connectivity index (χ0) is 20.3. The van der Waals surface area contributed by atoms with Crippen molar-refractivity contribution in [3.8, 4) is 0 Å². The van der Waals surface area contributed by atoms with Crippen molar-refractivity contribution >= 4 is 28.3 Å². The van der Waals surface area contributed by atoms with Crippen LogP contribution in [-0.2, 0) is 16.1 Å². The molecule has 0 radical (unpaired) electrons. The number of halogens is 1. The van der Waals surface area contributed by atoms with Crippen LogP contribution in [0.15, 0.2) is 53.3 Å². The zero-order valence-electron chi connectivity index (χ0n) is 15.3. The number of para-hydroxylation sites is 1. The first-order valence-electron chi connectivity index (χ1n) is 8.68. The Morgan fingerprint density at radius 3 is 2.46 bits per heavy atom. The number of hydrogen-bond donors (Lipinski definition) is 1. The number of carbonyl (C=O) groups is 2. The van der Waals surface area contributed by atoms with Crippen molar-refractivity contribution in [3.05, 3.63) is 70.4 Å². The van der Waals surface area contributed by atoms with Crippen LogP contribution in [-0.4, -0.2) is 27.8 Å². The van der Waals surface area contributed by atoms with E-state index in [-0.39, 0.29) is 23.5 Å². The maximum Gasteiger partial charge on any atom is 0.360 e. The van der Waals surface area contributed by atoms with Gasteiger partial charge < -0.3 is 10.1 Å². The van der Waals surface area contributed by atoms with Gasteiger partial charge in [0.2, 0.25) is 0 Å². The van der Waals surface area contributed by atoms with Crippen LogP contribution in [0, 0.1) is 5.82 Å². The van der Waals surface area contributed by atoms with Gasteiger partial charge in [-0.15, -0.1) is 0 Å². The van der Waals surface area contributed by atoms with E-state index in [1.54, 1.807) is 37.3 Å². The first-order valence-corrected chi connectivity index (χ1v) is 8.68. The number of ether oxygens (including phenoxy) is 1. The molecule has 0 bridgehead atoms. The minimum Gasteiger partial charge on any atom is -0.448 e. The average Bonchev–Trinajstić information content (AvgIpc) is 2.70. The summed E-state index contributed by atoms with van der Waals surface area (Å²) in [6.07, 6.45) is -1.20. The zero-order valence-corrected chi connectivity index (χ0v) is 15.3. The Morgan fingerprint density at radius 1 is 1.14 bits per heavy atom. The van der Waals surface area contributed by atoms with Crippen molar-refractivity contribution in [2.75, 3.05) is 5.32 Å². The Kier molecular flexibility index (Phi) is 5.49. The summed E-state index contributed by atoms with van der Waals surface area (Å²) in [7, 11) is 0. The van der Waals surface area contributed by atoms with Crippen molar-refractivity contribution in [3.63, 3.8) is 0 Å². The van der Waals surface area contributed by atoms with Crippen LogP contribution in [0.2, 0.25) is 0 Å². The minimum absolute atomic E-state index is 0.0153. The lowest BCUT2D eigenvalue weighted by Crippen LogP contribution is -2.32. The molecule has 8 heteroatoms. The number of fused-ring (bicyclic) bond motifs is 1. The van der Waals surface area contributed by atoms with E-state index >= 15 is 0 Å². The smallest absolute Gasteiger partial charge is 0.360 e. The van der Waals surface area contributed by atoms with E-state index < -0.39 is 23.8 Å². The maximum absolute atomic E-state index is 13.7. The monoisotopic (exact) mass is 383 g/mol.